The molecule has 0 aliphatic rings. The summed E-state index contributed by atoms with van der Waals surface area (Å²) in [6.07, 6.45) is 3.78. The van der Waals surface area contributed by atoms with Crippen LogP contribution in [0.15, 0.2) is 12.3 Å². The minimum atomic E-state index is -0.145. The van der Waals surface area contributed by atoms with E-state index in [0.717, 1.165) is 6.54 Å². The third-order valence-corrected chi connectivity index (χ3v) is 1.74. The average Bonchev–Trinajstić information content (AvgIpc) is 2.11. The van der Waals surface area contributed by atoms with Crippen LogP contribution in [0.3, 0.4) is 0 Å². The van der Waals surface area contributed by atoms with Gasteiger partial charge in [0, 0.05) is 19.6 Å². The maximum absolute atomic E-state index is 5.82. The molecule has 14 heavy (non-hydrogen) atoms. The van der Waals surface area contributed by atoms with Gasteiger partial charge < -0.3 is 11.1 Å². The quantitative estimate of drug-likeness (QED) is 0.443. The summed E-state index contributed by atoms with van der Waals surface area (Å²) in [6.45, 7) is 7.30. The number of hydrogen-bond donors (Lipinski definition) is 4. The Morgan fingerprint density at radius 1 is 1.29 bits per heavy atom. The molecule has 5 N–H and O–H groups in total. The van der Waals surface area contributed by atoms with Crippen LogP contribution in [-0.4, -0.2) is 25.9 Å². The third kappa shape index (κ3) is 8.04. The minimum Gasteiger partial charge on any atom is -0.394 e. The summed E-state index contributed by atoms with van der Waals surface area (Å²) in [7, 11) is 1.88. The van der Waals surface area contributed by atoms with E-state index in [0.29, 0.717) is 5.92 Å². The van der Waals surface area contributed by atoms with Crippen molar-refractivity contribution in [2.45, 2.75) is 33.1 Å². The zero-order chi connectivity index (χ0) is 11.0. The fourth-order valence-electron chi connectivity index (χ4n) is 1.00. The van der Waals surface area contributed by atoms with Gasteiger partial charge >= 0.3 is 0 Å². The summed E-state index contributed by atoms with van der Waals surface area (Å²) in [5.74, 6) is 0.617. The molecule has 1 unspecified atom stereocenters. The Balaban J connectivity index is 3.59. The molecule has 0 aliphatic heterocycles. The number of hydrogen-bond acceptors (Lipinski definition) is 4. The van der Waals surface area contributed by atoms with Gasteiger partial charge in [0.05, 0.1) is 0 Å². The van der Waals surface area contributed by atoms with E-state index in [1.165, 1.54) is 0 Å². The molecule has 0 saturated carbocycles. The van der Waals surface area contributed by atoms with Crippen molar-refractivity contribution in [3.63, 3.8) is 0 Å². The van der Waals surface area contributed by atoms with E-state index in [1.807, 2.05) is 19.3 Å². The molecule has 0 rings (SSSR count). The number of nitrogens with one attached hydrogen (secondary N) is 3. The Morgan fingerprint density at radius 2 is 1.93 bits per heavy atom. The fraction of sp³-hybridized carbons (Fsp3) is 0.800. The second kappa shape index (κ2) is 7.79. The van der Waals surface area contributed by atoms with Gasteiger partial charge in [0.1, 0.15) is 6.29 Å². The molecule has 2 atom stereocenters. The van der Waals surface area contributed by atoms with Gasteiger partial charge in [-0.05, 0) is 19.0 Å². The molecule has 84 valence electrons. The minimum absolute atomic E-state index is 0.145. The lowest BCUT2D eigenvalue weighted by molar-refractivity contribution is 0.392. The highest BCUT2D eigenvalue weighted by atomic mass is 15.2. The van der Waals surface area contributed by atoms with Crippen molar-refractivity contribution in [3.05, 3.63) is 12.3 Å². The Morgan fingerprint density at radius 3 is 2.43 bits per heavy atom. The third-order valence-electron chi connectivity index (χ3n) is 1.74. The van der Waals surface area contributed by atoms with E-state index in [9.17, 15) is 0 Å². The van der Waals surface area contributed by atoms with Crippen LogP contribution in [0.1, 0.15) is 20.8 Å². The fourth-order valence-corrected chi connectivity index (χ4v) is 1.00. The molecule has 0 fully saturated rings. The summed E-state index contributed by atoms with van der Waals surface area (Å²) in [5.41, 5.74) is 5.82. The number of rotatable bonds is 7. The van der Waals surface area contributed by atoms with E-state index >= 15 is 0 Å². The van der Waals surface area contributed by atoms with E-state index in [1.54, 1.807) is 0 Å². The van der Waals surface area contributed by atoms with Crippen molar-refractivity contribution in [1.29, 1.82) is 0 Å². The van der Waals surface area contributed by atoms with Crippen LogP contribution >= 0.6 is 0 Å². The van der Waals surface area contributed by atoms with E-state index in [4.69, 9.17) is 5.73 Å². The lowest BCUT2D eigenvalue weighted by Gasteiger charge is -2.19. The molecule has 0 radical (unpaired) electrons. The molecular weight excluding hydrogens is 176 g/mol. The maximum Gasteiger partial charge on any atom is 0.109 e. The van der Waals surface area contributed by atoms with E-state index in [-0.39, 0.29) is 12.3 Å². The van der Waals surface area contributed by atoms with Crippen LogP contribution < -0.4 is 21.7 Å². The first kappa shape index (κ1) is 13.4. The molecule has 0 heterocycles. The first-order chi connectivity index (χ1) is 6.56. The molecule has 0 bridgehead atoms. The standard InChI is InChI=1S/C10H24N4/c1-8(2)7-13-10(11)14-9(3)5-6-12-4/h5-6,8-10,12-14H,7,11H2,1-4H3/b6-5+/t9-,10?/m1/s1. The first-order valence-electron chi connectivity index (χ1n) is 5.15. The van der Waals surface area contributed by atoms with E-state index < -0.39 is 0 Å². The zero-order valence-corrected chi connectivity index (χ0v) is 9.67. The molecule has 0 spiro atoms. The predicted molar refractivity (Wildman–Crippen MR) is 61.6 cm³/mol. The summed E-state index contributed by atoms with van der Waals surface area (Å²) in [4.78, 5) is 0. The topological polar surface area (TPSA) is 62.1 Å². The van der Waals surface area contributed by atoms with Crippen molar-refractivity contribution in [2.24, 2.45) is 11.7 Å². The van der Waals surface area contributed by atoms with Gasteiger partial charge in [-0.15, -0.1) is 0 Å². The monoisotopic (exact) mass is 200 g/mol. The molecule has 0 aromatic carbocycles. The Labute approximate surface area is 87.3 Å². The van der Waals surface area contributed by atoms with Gasteiger partial charge in [-0.1, -0.05) is 19.9 Å². The van der Waals surface area contributed by atoms with Crippen molar-refractivity contribution in [1.82, 2.24) is 16.0 Å². The Hall–Kier alpha value is -0.580. The first-order valence-corrected chi connectivity index (χ1v) is 5.15. The highest BCUT2D eigenvalue weighted by molar-refractivity contribution is 4.89. The largest absolute Gasteiger partial charge is 0.394 e. The normalized spacial score (nSPS) is 16.1. The average molecular weight is 200 g/mol. The van der Waals surface area contributed by atoms with Gasteiger partial charge in [-0.2, -0.15) is 0 Å². The summed E-state index contributed by atoms with van der Waals surface area (Å²) in [5, 5.41) is 9.35. The lowest BCUT2D eigenvalue weighted by atomic mass is 10.2. The van der Waals surface area contributed by atoms with Crippen molar-refractivity contribution < 1.29 is 0 Å². The van der Waals surface area contributed by atoms with Gasteiger partial charge in [0.25, 0.3) is 0 Å². The van der Waals surface area contributed by atoms with Gasteiger partial charge in [-0.3, -0.25) is 10.6 Å². The number of nitrogens with two attached hydrogens (primary N) is 1. The zero-order valence-electron chi connectivity index (χ0n) is 9.67. The molecule has 0 aromatic rings. The van der Waals surface area contributed by atoms with Gasteiger partial charge in [0.2, 0.25) is 0 Å². The van der Waals surface area contributed by atoms with Crippen LogP contribution in [0.2, 0.25) is 0 Å². The molecule has 0 amide bonds. The van der Waals surface area contributed by atoms with Crippen molar-refractivity contribution in [2.75, 3.05) is 13.6 Å². The summed E-state index contributed by atoms with van der Waals surface area (Å²) < 4.78 is 0. The molecule has 4 heteroatoms. The summed E-state index contributed by atoms with van der Waals surface area (Å²) >= 11 is 0. The second-order valence-corrected chi connectivity index (χ2v) is 3.88. The van der Waals surface area contributed by atoms with Gasteiger partial charge in [0.15, 0.2) is 0 Å². The smallest absolute Gasteiger partial charge is 0.109 e. The maximum atomic E-state index is 5.82. The molecule has 0 saturated heterocycles. The highest BCUT2D eigenvalue weighted by Gasteiger charge is 2.04. The van der Waals surface area contributed by atoms with Crippen LogP contribution in [-0.2, 0) is 0 Å². The summed E-state index contributed by atoms with van der Waals surface area (Å²) in [6, 6.07) is 0.261. The van der Waals surface area contributed by atoms with Crippen molar-refractivity contribution >= 4 is 0 Å². The van der Waals surface area contributed by atoms with Gasteiger partial charge in [-0.25, -0.2) is 0 Å². The molecule has 0 aliphatic carbocycles. The van der Waals surface area contributed by atoms with Crippen LogP contribution in [0, 0.1) is 5.92 Å². The molecule has 4 nitrogen and oxygen atoms in total. The lowest BCUT2D eigenvalue weighted by Crippen LogP contribution is -2.53. The van der Waals surface area contributed by atoms with Crippen LogP contribution in [0.25, 0.3) is 0 Å². The highest BCUT2D eigenvalue weighted by Crippen LogP contribution is 1.88. The second-order valence-electron chi connectivity index (χ2n) is 3.88. The molecule has 0 aromatic heterocycles. The van der Waals surface area contributed by atoms with E-state index in [2.05, 4.69) is 36.7 Å². The van der Waals surface area contributed by atoms with Crippen molar-refractivity contribution in [3.8, 4) is 0 Å². The Bertz CT molecular complexity index is 156. The van der Waals surface area contributed by atoms with Crippen LogP contribution in [0.4, 0.5) is 0 Å². The van der Waals surface area contributed by atoms with Crippen LogP contribution in [0.5, 0.6) is 0 Å². The Kier molecular flexibility index (Phi) is 7.47. The predicted octanol–water partition coefficient (Wildman–Crippen LogP) is 0.186. The SMILES string of the molecule is CN/C=C/[C@@H](C)NC(N)NCC(C)C. The molecular formula is C10H24N4.